The molecule has 0 radical (unpaired) electrons. The maximum Gasteiger partial charge on any atom is 0.364 e. The van der Waals surface area contributed by atoms with E-state index in [0.717, 1.165) is 7.11 Å². The van der Waals surface area contributed by atoms with Gasteiger partial charge in [-0.05, 0) is 0 Å². The maximum absolute atomic E-state index is 11.0. The van der Waals surface area contributed by atoms with Crippen molar-refractivity contribution in [1.29, 1.82) is 0 Å². The Morgan fingerprint density at radius 1 is 1.62 bits per heavy atom. The highest BCUT2D eigenvalue weighted by atomic mass is 16.5. The summed E-state index contributed by atoms with van der Waals surface area (Å²) in [6, 6.07) is 0. The summed E-state index contributed by atoms with van der Waals surface area (Å²) < 4.78 is 4.28. The fourth-order valence-electron chi connectivity index (χ4n) is 0.632. The summed E-state index contributed by atoms with van der Waals surface area (Å²) >= 11 is 0. The third kappa shape index (κ3) is 1.79. The molecule has 1 aromatic heterocycles. The van der Waals surface area contributed by atoms with E-state index < -0.39 is 17.2 Å². The van der Waals surface area contributed by atoms with Gasteiger partial charge < -0.3 is 4.74 Å². The number of H-pyrrole nitrogens is 1. The van der Waals surface area contributed by atoms with Crippen LogP contribution in [0, 0.1) is 0 Å². The van der Waals surface area contributed by atoms with Crippen LogP contribution in [0.2, 0.25) is 0 Å². The molecule has 0 saturated carbocycles. The first kappa shape index (κ1) is 9.13. The number of nitrogens with one attached hydrogen (secondary N) is 2. The van der Waals surface area contributed by atoms with Crippen molar-refractivity contribution in [2.75, 3.05) is 12.5 Å². The zero-order chi connectivity index (χ0) is 9.84. The van der Waals surface area contributed by atoms with Crippen molar-refractivity contribution in [3.05, 3.63) is 16.0 Å². The number of aromatic amines is 1. The van der Waals surface area contributed by atoms with Gasteiger partial charge in [0.05, 0.1) is 7.11 Å². The average Bonchev–Trinajstić information content (AvgIpc) is 2.16. The summed E-state index contributed by atoms with van der Waals surface area (Å²) in [4.78, 5) is 24.1. The molecule has 0 spiro atoms. The van der Waals surface area contributed by atoms with E-state index >= 15 is 0 Å². The number of hydrogen-bond acceptors (Lipinski definition) is 7. The van der Waals surface area contributed by atoms with E-state index in [1.807, 2.05) is 0 Å². The Bertz CT molecular complexity index is 373. The summed E-state index contributed by atoms with van der Waals surface area (Å²) in [5.41, 5.74) is 0.942. The summed E-state index contributed by atoms with van der Waals surface area (Å²) in [5.74, 6) is 4.06. The quantitative estimate of drug-likeness (QED) is 0.283. The van der Waals surface area contributed by atoms with Crippen molar-refractivity contribution in [1.82, 2.24) is 15.2 Å². The normalized spacial score (nSPS) is 9.38. The van der Waals surface area contributed by atoms with Crippen molar-refractivity contribution in [2.24, 2.45) is 5.84 Å². The second-order valence-electron chi connectivity index (χ2n) is 1.99. The van der Waals surface area contributed by atoms with Crippen LogP contribution >= 0.6 is 0 Å². The van der Waals surface area contributed by atoms with Gasteiger partial charge in [-0.15, -0.1) is 10.2 Å². The monoisotopic (exact) mass is 185 g/mol. The van der Waals surface area contributed by atoms with Crippen LogP contribution in [0.25, 0.3) is 0 Å². The molecule has 0 saturated heterocycles. The predicted molar refractivity (Wildman–Crippen MR) is 41.8 cm³/mol. The topological polar surface area (TPSA) is 123 Å². The molecule has 70 valence electrons. The minimum Gasteiger partial charge on any atom is -0.464 e. The fraction of sp³-hybridized carbons (Fsp3) is 0.200. The van der Waals surface area contributed by atoms with Crippen LogP contribution in [0.1, 0.15) is 10.5 Å². The zero-order valence-corrected chi connectivity index (χ0v) is 6.70. The van der Waals surface area contributed by atoms with Gasteiger partial charge in [0.25, 0.3) is 5.56 Å². The summed E-state index contributed by atoms with van der Waals surface area (Å²) in [5, 5.41) is 6.69. The number of carbonyl (C=O) groups excluding carboxylic acids is 1. The molecule has 0 atom stereocenters. The molecule has 1 rings (SSSR count). The van der Waals surface area contributed by atoms with Gasteiger partial charge in [-0.25, -0.2) is 10.6 Å². The van der Waals surface area contributed by atoms with Crippen molar-refractivity contribution in [3.63, 3.8) is 0 Å². The minimum atomic E-state index is -0.850. The van der Waals surface area contributed by atoms with Crippen molar-refractivity contribution < 1.29 is 9.53 Å². The molecule has 13 heavy (non-hydrogen) atoms. The molecule has 0 aliphatic carbocycles. The number of esters is 1. The number of nitrogen functional groups attached to an aromatic ring is 1. The van der Waals surface area contributed by atoms with Gasteiger partial charge in [0.1, 0.15) is 0 Å². The number of hydrogen-bond donors (Lipinski definition) is 3. The number of ether oxygens (including phenoxy) is 1. The zero-order valence-electron chi connectivity index (χ0n) is 6.70. The van der Waals surface area contributed by atoms with Gasteiger partial charge in [0, 0.05) is 0 Å². The molecule has 1 heterocycles. The fourth-order valence-corrected chi connectivity index (χ4v) is 0.632. The number of hydrazine groups is 1. The largest absolute Gasteiger partial charge is 0.464 e. The average molecular weight is 185 g/mol. The van der Waals surface area contributed by atoms with Crippen molar-refractivity contribution in [3.8, 4) is 0 Å². The molecule has 0 amide bonds. The highest BCUT2D eigenvalue weighted by Crippen LogP contribution is 1.89. The first-order valence-corrected chi connectivity index (χ1v) is 3.21. The predicted octanol–water partition coefficient (Wildman–Crippen LogP) is -1.76. The van der Waals surface area contributed by atoms with Gasteiger partial charge in [-0.3, -0.25) is 15.2 Å². The van der Waals surface area contributed by atoms with Crippen LogP contribution in [0.5, 0.6) is 0 Å². The summed E-state index contributed by atoms with van der Waals surface area (Å²) in [6.07, 6.45) is 0. The Morgan fingerprint density at radius 2 is 2.31 bits per heavy atom. The summed E-state index contributed by atoms with van der Waals surface area (Å²) in [7, 11) is 1.14. The maximum atomic E-state index is 11.0. The smallest absolute Gasteiger partial charge is 0.364 e. The second kappa shape index (κ2) is 3.63. The van der Waals surface area contributed by atoms with E-state index in [1.54, 1.807) is 0 Å². The van der Waals surface area contributed by atoms with Crippen LogP contribution in [-0.2, 0) is 4.74 Å². The van der Waals surface area contributed by atoms with E-state index in [1.165, 1.54) is 0 Å². The van der Waals surface area contributed by atoms with E-state index in [-0.39, 0.29) is 5.95 Å². The molecule has 4 N–H and O–H groups in total. The lowest BCUT2D eigenvalue weighted by atomic mass is 10.5. The van der Waals surface area contributed by atoms with Crippen LogP contribution in [0.3, 0.4) is 0 Å². The highest BCUT2D eigenvalue weighted by Gasteiger charge is 2.13. The molecule has 8 nitrogen and oxygen atoms in total. The third-order valence-corrected chi connectivity index (χ3v) is 1.21. The van der Waals surface area contributed by atoms with Gasteiger partial charge in [-0.1, -0.05) is 0 Å². The van der Waals surface area contributed by atoms with Crippen molar-refractivity contribution >= 4 is 11.9 Å². The van der Waals surface area contributed by atoms with Crippen molar-refractivity contribution in [2.45, 2.75) is 0 Å². The molecule has 0 unspecified atom stereocenters. The SMILES string of the molecule is COC(=O)c1nnc(NN)[nH]c1=O. The van der Waals surface area contributed by atoms with E-state index in [0.29, 0.717) is 0 Å². The Morgan fingerprint density at radius 3 is 2.77 bits per heavy atom. The lowest BCUT2D eigenvalue weighted by molar-refractivity contribution is 0.0590. The molecular formula is C5H7N5O3. The Labute approximate surface area is 72.1 Å². The van der Waals surface area contributed by atoms with Crippen LogP contribution in [0.15, 0.2) is 4.79 Å². The van der Waals surface area contributed by atoms with Gasteiger partial charge in [0.2, 0.25) is 11.6 Å². The van der Waals surface area contributed by atoms with Crippen LogP contribution < -0.4 is 16.8 Å². The number of rotatable bonds is 2. The molecule has 0 fully saturated rings. The standard InChI is InChI=1S/C5H7N5O3/c1-13-4(12)2-3(11)7-5(8-6)10-9-2/h6H2,1H3,(H2,7,8,10,11). The number of aromatic nitrogens is 3. The molecule has 0 aliphatic rings. The molecule has 0 bridgehead atoms. The van der Waals surface area contributed by atoms with Gasteiger partial charge in [0.15, 0.2) is 0 Å². The lowest BCUT2D eigenvalue weighted by Crippen LogP contribution is -2.25. The summed E-state index contributed by atoms with van der Waals surface area (Å²) in [6.45, 7) is 0. The number of nitrogens with zero attached hydrogens (tertiary/aromatic N) is 2. The second-order valence-corrected chi connectivity index (χ2v) is 1.99. The molecule has 0 aliphatic heterocycles. The third-order valence-electron chi connectivity index (χ3n) is 1.21. The number of carbonyl (C=O) groups is 1. The molecule has 8 heteroatoms. The number of anilines is 1. The van der Waals surface area contributed by atoms with Crippen LogP contribution in [0.4, 0.5) is 5.95 Å². The first-order valence-electron chi connectivity index (χ1n) is 3.21. The van der Waals surface area contributed by atoms with E-state index in [9.17, 15) is 9.59 Å². The van der Waals surface area contributed by atoms with Gasteiger partial charge >= 0.3 is 5.97 Å². The number of methoxy groups -OCH3 is 1. The Kier molecular flexibility index (Phi) is 2.55. The van der Waals surface area contributed by atoms with E-state index in [2.05, 4.69) is 25.3 Å². The van der Waals surface area contributed by atoms with Gasteiger partial charge in [-0.2, -0.15) is 0 Å². The van der Waals surface area contributed by atoms with E-state index in [4.69, 9.17) is 5.84 Å². The Balaban J connectivity index is 3.13. The molecular weight excluding hydrogens is 178 g/mol. The first-order chi connectivity index (χ1) is 6.19. The molecule has 1 aromatic rings. The minimum absolute atomic E-state index is 0.0300. The number of nitrogens with two attached hydrogens (primary N) is 1. The Hall–Kier alpha value is -1.96. The molecule has 0 aromatic carbocycles. The van der Waals surface area contributed by atoms with Crippen LogP contribution in [-0.4, -0.2) is 28.3 Å². The lowest BCUT2D eigenvalue weighted by Gasteiger charge is -1.98. The highest BCUT2D eigenvalue weighted by molar-refractivity contribution is 5.86.